The Hall–Kier alpha value is -1.63. The van der Waals surface area contributed by atoms with Gasteiger partial charge in [-0.2, -0.15) is 0 Å². The van der Waals surface area contributed by atoms with Gasteiger partial charge >= 0.3 is 0 Å². The van der Waals surface area contributed by atoms with E-state index in [0.717, 1.165) is 17.6 Å². The molecule has 0 saturated heterocycles. The maximum atomic E-state index is 4.68. The van der Waals surface area contributed by atoms with Crippen LogP contribution in [0.2, 0.25) is 0 Å². The van der Waals surface area contributed by atoms with Crippen molar-refractivity contribution in [2.45, 2.75) is 47.5 Å². The van der Waals surface area contributed by atoms with Crippen LogP contribution in [0.4, 0.5) is 0 Å². The third kappa shape index (κ3) is 2.88. The Bertz CT molecular complexity index is 720. The van der Waals surface area contributed by atoms with Crippen LogP contribution < -0.4 is 0 Å². The first-order valence-corrected chi connectivity index (χ1v) is 7.84. The van der Waals surface area contributed by atoms with E-state index in [1.54, 1.807) is 0 Å². The average Bonchev–Trinajstić information content (AvgIpc) is 2.34. The highest BCUT2D eigenvalue weighted by Crippen LogP contribution is 2.48. The van der Waals surface area contributed by atoms with E-state index in [2.05, 4.69) is 76.0 Å². The van der Waals surface area contributed by atoms with Crippen molar-refractivity contribution in [3.63, 3.8) is 0 Å². The summed E-state index contributed by atoms with van der Waals surface area (Å²) in [5, 5.41) is 1.28. The number of allylic oxidation sites excluding steroid dienone is 2. The first kappa shape index (κ1) is 14.3. The van der Waals surface area contributed by atoms with Gasteiger partial charge in [-0.1, -0.05) is 52.0 Å². The van der Waals surface area contributed by atoms with Gasteiger partial charge in [0.2, 0.25) is 0 Å². The first-order chi connectivity index (χ1) is 9.76. The Morgan fingerprint density at radius 3 is 2.48 bits per heavy atom. The Labute approximate surface area is 128 Å². The van der Waals surface area contributed by atoms with Crippen molar-refractivity contribution < 1.29 is 0 Å². The number of hydrogen-bond donors (Lipinski definition) is 0. The summed E-state index contributed by atoms with van der Waals surface area (Å²) in [6, 6.07) is 10.8. The van der Waals surface area contributed by atoms with Gasteiger partial charge in [-0.05, 0) is 53.9 Å². The smallest absolute Gasteiger partial charge is 0.0711 e. The molecule has 3 rings (SSSR count). The van der Waals surface area contributed by atoms with Gasteiger partial charge in [0.1, 0.15) is 0 Å². The molecule has 2 aromatic rings. The summed E-state index contributed by atoms with van der Waals surface area (Å²) in [6.45, 7) is 11.6. The summed E-state index contributed by atoms with van der Waals surface area (Å²) in [5.74, 6) is 0. The molecule has 1 heterocycles. The molecule has 0 amide bonds. The lowest BCUT2D eigenvalue weighted by molar-refractivity contribution is 0.229. The second kappa shape index (κ2) is 4.69. The number of benzene rings is 1. The lowest BCUT2D eigenvalue weighted by Gasteiger charge is -2.39. The molecular weight excluding hydrogens is 254 g/mol. The van der Waals surface area contributed by atoms with E-state index in [4.69, 9.17) is 0 Å². The van der Waals surface area contributed by atoms with Crippen LogP contribution in [0.1, 0.15) is 51.8 Å². The predicted molar refractivity (Wildman–Crippen MR) is 91.3 cm³/mol. The van der Waals surface area contributed by atoms with Crippen molar-refractivity contribution in [1.29, 1.82) is 0 Å². The molecule has 1 nitrogen and oxygen atoms in total. The number of pyridine rings is 1. The van der Waals surface area contributed by atoms with E-state index < -0.39 is 0 Å². The molecule has 0 radical (unpaired) electrons. The molecule has 1 heteroatoms. The fraction of sp³-hybridized carbons (Fsp3) is 0.450. The molecule has 110 valence electrons. The standard InChI is InChI=1S/C20H25N/c1-14-10-17(16-8-6-7-9-18(16)21-14)15-11-19(2,3)13-20(4,5)12-15/h6-11H,12-13H2,1-5H3. The summed E-state index contributed by atoms with van der Waals surface area (Å²) in [6.07, 6.45) is 4.87. The van der Waals surface area contributed by atoms with E-state index in [1.165, 1.54) is 22.9 Å². The Morgan fingerprint density at radius 2 is 1.76 bits per heavy atom. The molecule has 0 N–H and O–H groups in total. The van der Waals surface area contributed by atoms with Crippen molar-refractivity contribution >= 4 is 16.5 Å². The van der Waals surface area contributed by atoms with E-state index in [1.807, 2.05) is 0 Å². The van der Waals surface area contributed by atoms with Gasteiger partial charge in [0.05, 0.1) is 5.52 Å². The third-order valence-corrected chi connectivity index (χ3v) is 4.36. The quantitative estimate of drug-likeness (QED) is 0.645. The zero-order valence-electron chi connectivity index (χ0n) is 13.8. The van der Waals surface area contributed by atoms with Gasteiger partial charge in [0, 0.05) is 11.1 Å². The number of rotatable bonds is 1. The van der Waals surface area contributed by atoms with Crippen LogP contribution in [0.25, 0.3) is 16.5 Å². The normalized spacial score (nSPS) is 20.3. The number of aryl methyl sites for hydroxylation is 1. The molecule has 1 aliphatic rings. The number of para-hydroxylation sites is 1. The van der Waals surface area contributed by atoms with Crippen molar-refractivity contribution in [2.75, 3.05) is 0 Å². The number of fused-ring (bicyclic) bond motifs is 1. The van der Waals surface area contributed by atoms with Crippen LogP contribution in [0, 0.1) is 17.8 Å². The molecule has 0 saturated carbocycles. The largest absolute Gasteiger partial charge is 0.253 e. The van der Waals surface area contributed by atoms with E-state index >= 15 is 0 Å². The lowest BCUT2D eigenvalue weighted by Crippen LogP contribution is -2.26. The van der Waals surface area contributed by atoms with Crippen molar-refractivity contribution in [3.05, 3.63) is 47.7 Å². The van der Waals surface area contributed by atoms with Gasteiger partial charge in [-0.15, -0.1) is 0 Å². The predicted octanol–water partition coefficient (Wildman–Crippen LogP) is 5.77. The second-order valence-electron chi connectivity index (χ2n) is 8.00. The molecule has 0 spiro atoms. The lowest BCUT2D eigenvalue weighted by atomic mass is 9.65. The molecule has 0 atom stereocenters. The number of hydrogen-bond acceptors (Lipinski definition) is 1. The first-order valence-electron chi connectivity index (χ1n) is 7.84. The zero-order valence-corrected chi connectivity index (χ0v) is 13.8. The minimum atomic E-state index is 0.259. The summed E-state index contributed by atoms with van der Waals surface area (Å²) < 4.78 is 0. The van der Waals surface area contributed by atoms with E-state index in [-0.39, 0.29) is 5.41 Å². The highest BCUT2D eigenvalue weighted by molar-refractivity contribution is 5.92. The molecule has 0 bridgehead atoms. The number of nitrogens with zero attached hydrogens (tertiary/aromatic N) is 1. The Balaban J connectivity index is 2.22. The minimum absolute atomic E-state index is 0.259. The monoisotopic (exact) mass is 279 g/mol. The molecule has 21 heavy (non-hydrogen) atoms. The van der Waals surface area contributed by atoms with Crippen LogP contribution in [-0.4, -0.2) is 4.98 Å². The molecule has 1 aromatic heterocycles. The van der Waals surface area contributed by atoms with Crippen LogP contribution in [0.3, 0.4) is 0 Å². The minimum Gasteiger partial charge on any atom is -0.253 e. The van der Waals surface area contributed by atoms with Crippen LogP contribution in [0.15, 0.2) is 36.4 Å². The topological polar surface area (TPSA) is 12.9 Å². The highest BCUT2D eigenvalue weighted by atomic mass is 14.7. The summed E-state index contributed by atoms with van der Waals surface area (Å²) >= 11 is 0. The van der Waals surface area contributed by atoms with Crippen molar-refractivity contribution in [1.82, 2.24) is 4.98 Å². The van der Waals surface area contributed by atoms with E-state index in [9.17, 15) is 0 Å². The van der Waals surface area contributed by atoms with Gasteiger partial charge < -0.3 is 0 Å². The van der Waals surface area contributed by atoms with Gasteiger partial charge in [0.15, 0.2) is 0 Å². The van der Waals surface area contributed by atoms with Crippen LogP contribution in [-0.2, 0) is 0 Å². The number of aromatic nitrogens is 1. The highest BCUT2D eigenvalue weighted by Gasteiger charge is 2.33. The molecule has 0 aliphatic heterocycles. The Morgan fingerprint density at radius 1 is 1.05 bits per heavy atom. The fourth-order valence-electron chi connectivity index (χ4n) is 4.13. The van der Waals surface area contributed by atoms with Crippen LogP contribution in [0.5, 0.6) is 0 Å². The maximum Gasteiger partial charge on any atom is 0.0711 e. The van der Waals surface area contributed by atoms with Crippen LogP contribution >= 0.6 is 0 Å². The maximum absolute atomic E-state index is 4.68. The van der Waals surface area contributed by atoms with E-state index in [0.29, 0.717) is 5.41 Å². The van der Waals surface area contributed by atoms with Crippen molar-refractivity contribution in [2.24, 2.45) is 10.8 Å². The Kier molecular flexibility index (Phi) is 3.20. The summed E-state index contributed by atoms with van der Waals surface area (Å²) in [4.78, 5) is 4.68. The molecule has 0 fully saturated rings. The molecule has 0 unspecified atom stereocenters. The average molecular weight is 279 g/mol. The SMILES string of the molecule is Cc1cc(C2=CC(C)(C)CC(C)(C)C2)c2ccccc2n1. The second-order valence-corrected chi connectivity index (χ2v) is 8.00. The third-order valence-electron chi connectivity index (χ3n) is 4.36. The van der Waals surface area contributed by atoms with Gasteiger partial charge in [-0.25, -0.2) is 0 Å². The summed E-state index contributed by atoms with van der Waals surface area (Å²) in [7, 11) is 0. The molecule has 1 aromatic carbocycles. The zero-order chi connectivity index (χ0) is 15.3. The van der Waals surface area contributed by atoms with Crippen molar-refractivity contribution in [3.8, 4) is 0 Å². The van der Waals surface area contributed by atoms with Gasteiger partial charge in [-0.3, -0.25) is 4.98 Å². The van der Waals surface area contributed by atoms with Gasteiger partial charge in [0.25, 0.3) is 0 Å². The fourth-order valence-corrected chi connectivity index (χ4v) is 4.13. The molecular formula is C20H25N. The summed E-state index contributed by atoms with van der Waals surface area (Å²) in [5.41, 5.74) is 5.68. The molecule has 1 aliphatic carbocycles.